The fraction of sp³-hybridized carbons (Fsp3) is 0.562. The first-order chi connectivity index (χ1) is 10.5. The summed E-state index contributed by atoms with van der Waals surface area (Å²) in [5, 5.41) is 0. The number of nitrogens with zero attached hydrogens (tertiary/aromatic N) is 1. The van der Waals surface area contributed by atoms with E-state index in [1.54, 1.807) is 0 Å². The number of carbonyl (C=O) groups excluding carboxylic acids is 1. The molecule has 0 radical (unpaired) electrons. The standard InChI is InChI=1S/C16H18F3NO2/c17-12-3-2-11(14(18)15(12)19)10-20-8-7-16(5-1-9-22-16)6-4-13(20)21/h2-3H,1,4-10H2. The van der Waals surface area contributed by atoms with Crippen LogP contribution in [0.1, 0.15) is 37.7 Å². The highest BCUT2D eigenvalue weighted by Crippen LogP contribution is 2.36. The number of carbonyl (C=O) groups is 1. The van der Waals surface area contributed by atoms with Crippen LogP contribution in [0.15, 0.2) is 12.1 Å². The van der Waals surface area contributed by atoms with Crippen LogP contribution in [0.4, 0.5) is 13.2 Å². The molecule has 2 aliphatic rings. The lowest BCUT2D eigenvalue weighted by Crippen LogP contribution is -2.32. The molecule has 2 fully saturated rings. The smallest absolute Gasteiger partial charge is 0.222 e. The van der Waals surface area contributed by atoms with Gasteiger partial charge in [-0.2, -0.15) is 0 Å². The summed E-state index contributed by atoms with van der Waals surface area (Å²) in [6, 6.07) is 2.07. The number of halogens is 3. The third-order valence-electron chi connectivity index (χ3n) is 4.65. The minimum atomic E-state index is -1.49. The van der Waals surface area contributed by atoms with Gasteiger partial charge in [-0.05, 0) is 31.7 Å². The molecule has 0 aliphatic carbocycles. The predicted molar refractivity (Wildman–Crippen MR) is 73.5 cm³/mol. The highest BCUT2D eigenvalue weighted by molar-refractivity contribution is 5.76. The normalized spacial score (nSPS) is 25.8. The summed E-state index contributed by atoms with van der Waals surface area (Å²) in [6.07, 6.45) is 3.64. The van der Waals surface area contributed by atoms with Crippen molar-refractivity contribution in [1.29, 1.82) is 0 Å². The van der Waals surface area contributed by atoms with Crippen molar-refractivity contribution >= 4 is 5.91 Å². The Balaban J connectivity index is 1.75. The van der Waals surface area contributed by atoms with E-state index in [9.17, 15) is 18.0 Å². The van der Waals surface area contributed by atoms with Crippen LogP contribution in [-0.4, -0.2) is 29.6 Å². The van der Waals surface area contributed by atoms with E-state index in [-0.39, 0.29) is 23.6 Å². The molecule has 3 rings (SSSR count). The quantitative estimate of drug-likeness (QED) is 0.785. The third kappa shape index (κ3) is 2.84. The van der Waals surface area contributed by atoms with Crippen molar-refractivity contribution in [3.8, 4) is 0 Å². The number of benzene rings is 1. The number of rotatable bonds is 2. The van der Waals surface area contributed by atoms with Crippen molar-refractivity contribution in [2.24, 2.45) is 0 Å². The zero-order valence-electron chi connectivity index (χ0n) is 12.2. The molecule has 3 nitrogen and oxygen atoms in total. The highest BCUT2D eigenvalue weighted by atomic mass is 19.2. The second-order valence-electron chi connectivity index (χ2n) is 6.03. The molecule has 1 aromatic rings. The summed E-state index contributed by atoms with van der Waals surface area (Å²) in [7, 11) is 0. The molecule has 1 atom stereocenters. The zero-order chi connectivity index (χ0) is 15.7. The van der Waals surface area contributed by atoms with Crippen LogP contribution in [0, 0.1) is 17.5 Å². The van der Waals surface area contributed by atoms with Gasteiger partial charge in [0.15, 0.2) is 17.5 Å². The van der Waals surface area contributed by atoms with E-state index in [1.807, 2.05) is 0 Å². The Morgan fingerprint density at radius 2 is 1.95 bits per heavy atom. The molecular formula is C16H18F3NO2. The Hall–Kier alpha value is -1.56. The lowest BCUT2D eigenvalue weighted by atomic mass is 9.92. The number of amides is 1. The number of hydrogen-bond donors (Lipinski definition) is 0. The first kappa shape index (κ1) is 15.3. The minimum Gasteiger partial charge on any atom is -0.375 e. The maximum absolute atomic E-state index is 13.8. The van der Waals surface area contributed by atoms with E-state index < -0.39 is 17.5 Å². The summed E-state index contributed by atoms with van der Waals surface area (Å²) < 4.78 is 45.8. The lowest BCUT2D eigenvalue weighted by Gasteiger charge is -2.26. The van der Waals surface area contributed by atoms with Gasteiger partial charge in [-0.15, -0.1) is 0 Å². The fourth-order valence-corrected chi connectivity index (χ4v) is 3.29. The first-order valence-corrected chi connectivity index (χ1v) is 7.55. The molecule has 2 saturated heterocycles. The molecule has 2 aliphatic heterocycles. The van der Waals surface area contributed by atoms with Gasteiger partial charge >= 0.3 is 0 Å². The molecule has 1 aromatic carbocycles. The van der Waals surface area contributed by atoms with Crippen LogP contribution in [-0.2, 0) is 16.1 Å². The van der Waals surface area contributed by atoms with Gasteiger partial charge in [-0.25, -0.2) is 13.2 Å². The van der Waals surface area contributed by atoms with Crippen LogP contribution >= 0.6 is 0 Å². The van der Waals surface area contributed by atoms with Crippen molar-refractivity contribution < 1.29 is 22.7 Å². The molecule has 120 valence electrons. The number of ether oxygens (including phenoxy) is 1. The van der Waals surface area contributed by atoms with E-state index in [0.29, 0.717) is 32.4 Å². The molecule has 1 unspecified atom stereocenters. The average Bonchev–Trinajstić information content (AvgIpc) is 2.92. The van der Waals surface area contributed by atoms with Crippen molar-refractivity contribution in [3.05, 3.63) is 35.1 Å². The monoisotopic (exact) mass is 313 g/mol. The van der Waals surface area contributed by atoms with Gasteiger partial charge in [0.05, 0.1) is 5.60 Å². The molecule has 22 heavy (non-hydrogen) atoms. The predicted octanol–water partition coefficient (Wildman–Crippen LogP) is 3.17. The second kappa shape index (κ2) is 5.91. The molecule has 0 N–H and O–H groups in total. The van der Waals surface area contributed by atoms with Crippen LogP contribution in [0.3, 0.4) is 0 Å². The Kier molecular flexibility index (Phi) is 4.12. The number of hydrogen-bond acceptors (Lipinski definition) is 2. The van der Waals surface area contributed by atoms with Crippen molar-refractivity contribution in [2.45, 2.75) is 44.2 Å². The average molecular weight is 313 g/mol. The van der Waals surface area contributed by atoms with Gasteiger partial charge in [-0.1, -0.05) is 6.07 Å². The first-order valence-electron chi connectivity index (χ1n) is 7.55. The summed E-state index contributed by atoms with van der Waals surface area (Å²) >= 11 is 0. The van der Waals surface area contributed by atoms with Crippen LogP contribution < -0.4 is 0 Å². The van der Waals surface area contributed by atoms with Crippen molar-refractivity contribution in [3.63, 3.8) is 0 Å². The zero-order valence-corrected chi connectivity index (χ0v) is 12.2. The summed E-state index contributed by atoms with van der Waals surface area (Å²) in [6.45, 7) is 1.11. The van der Waals surface area contributed by atoms with Crippen LogP contribution in [0.25, 0.3) is 0 Å². The maximum atomic E-state index is 13.8. The van der Waals surface area contributed by atoms with Gasteiger partial charge in [0.2, 0.25) is 5.91 Å². The molecule has 0 aromatic heterocycles. The Morgan fingerprint density at radius 3 is 2.68 bits per heavy atom. The van der Waals surface area contributed by atoms with E-state index in [2.05, 4.69) is 0 Å². The van der Waals surface area contributed by atoms with E-state index >= 15 is 0 Å². The molecule has 1 amide bonds. The summed E-state index contributed by atoms with van der Waals surface area (Å²) in [5.41, 5.74) is -0.243. The molecule has 2 heterocycles. The lowest BCUT2D eigenvalue weighted by molar-refractivity contribution is -0.131. The van der Waals surface area contributed by atoms with Crippen molar-refractivity contribution in [2.75, 3.05) is 13.2 Å². The summed E-state index contributed by atoms with van der Waals surface area (Å²) in [4.78, 5) is 13.7. The van der Waals surface area contributed by atoms with E-state index in [4.69, 9.17) is 4.74 Å². The largest absolute Gasteiger partial charge is 0.375 e. The SMILES string of the molecule is O=C1CCC2(CCCO2)CCN1Cc1ccc(F)c(F)c1F. The van der Waals surface area contributed by atoms with Crippen LogP contribution in [0.2, 0.25) is 0 Å². The van der Waals surface area contributed by atoms with Gasteiger partial charge in [0.1, 0.15) is 0 Å². The van der Waals surface area contributed by atoms with Crippen LogP contribution in [0.5, 0.6) is 0 Å². The van der Waals surface area contributed by atoms with Crippen molar-refractivity contribution in [1.82, 2.24) is 4.90 Å². The molecule has 0 bridgehead atoms. The molecule has 1 spiro atoms. The fourth-order valence-electron chi connectivity index (χ4n) is 3.29. The van der Waals surface area contributed by atoms with Gasteiger partial charge in [0.25, 0.3) is 0 Å². The molecule has 0 saturated carbocycles. The minimum absolute atomic E-state index is 0.00413. The number of likely N-dealkylation sites (tertiary alicyclic amines) is 1. The Labute approximate surface area is 127 Å². The summed E-state index contributed by atoms with van der Waals surface area (Å²) in [5.74, 6) is -4.03. The topological polar surface area (TPSA) is 29.5 Å². The molecule has 6 heteroatoms. The van der Waals surface area contributed by atoms with Gasteiger partial charge in [0, 0.05) is 31.7 Å². The maximum Gasteiger partial charge on any atom is 0.222 e. The highest BCUT2D eigenvalue weighted by Gasteiger charge is 2.38. The third-order valence-corrected chi connectivity index (χ3v) is 4.65. The molecular weight excluding hydrogens is 295 g/mol. The van der Waals surface area contributed by atoms with Gasteiger partial charge < -0.3 is 9.64 Å². The Morgan fingerprint density at radius 1 is 1.14 bits per heavy atom. The second-order valence-corrected chi connectivity index (χ2v) is 6.03. The Bertz CT molecular complexity index is 585. The van der Waals surface area contributed by atoms with E-state index in [0.717, 1.165) is 18.9 Å². The van der Waals surface area contributed by atoms with E-state index in [1.165, 1.54) is 11.0 Å². The van der Waals surface area contributed by atoms with Gasteiger partial charge in [-0.3, -0.25) is 4.79 Å².